The van der Waals surface area contributed by atoms with Crippen LogP contribution in [0.5, 0.6) is 0 Å². The number of rotatable bonds is 4. The lowest BCUT2D eigenvalue weighted by atomic mass is 10.2. The molecule has 17 heavy (non-hydrogen) atoms. The molecule has 0 unspecified atom stereocenters. The molecular formula is C13H12N2O2. The largest absolute Gasteiger partial charge is 0.460 e. The van der Waals surface area contributed by atoms with Gasteiger partial charge in [-0.1, -0.05) is 23.4 Å². The molecule has 2 aromatic heterocycles. The molecule has 86 valence electrons. The minimum absolute atomic E-state index is 0.650. The molecule has 0 saturated heterocycles. The number of furan rings is 1. The smallest absolute Gasteiger partial charge is 0.150 e. The number of aromatic nitrogens is 1. The van der Waals surface area contributed by atoms with E-state index >= 15 is 0 Å². The van der Waals surface area contributed by atoms with Gasteiger partial charge in [0.1, 0.15) is 17.1 Å². The van der Waals surface area contributed by atoms with Gasteiger partial charge in [0.05, 0.1) is 19.3 Å². The van der Waals surface area contributed by atoms with Crippen LogP contribution in [0.3, 0.4) is 0 Å². The number of para-hydroxylation sites is 1. The Hall–Kier alpha value is -2.07. The highest BCUT2D eigenvalue weighted by atomic mass is 16.5. The van der Waals surface area contributed by atoms with Crippen molar-refractivity contribution in [3.05, 3.63) is 54.1 Å². The summed E-state index contributed by atoms with van der Waals surface area (Å²) in [5.41, 5.74) is 0.920. The fraction of sp³-hybridized carbons (Fsp3) is 0.154. The first-order valence-electron chi connectivity index (χ1n) is 5.49. The van der Waals surface area contributed by atoms with E-state index in [9.17, 15) is 0 Å². The van der Waals surface area contributed by atoms with Crippen molar-refractivity contribution in [3.8, 4) is 0 Å². The second-order valence-corrected chi connectivity index (χ2v) is 3.83. The van der Waals surface area contributed by atoms with Crippen molar-refractivity contribution < 1.29 is 8.94 Å². The number of benzene rings is 1. The Morgan fingerprint density at radius 3 is 2.76 bits per heavy atom. The van der Waals surface area contributed by atoms with E-state index in [1.165, 1.54) is 0 Å². The Labute approximate surface area is 98.2 Å². The van der Waals surface area contributed by atoms with Crippen molar-refractivity contribution in [2.24, 2.45) is 0 Å². The second kappa shape index (κ2) is 4.43. The molecular weight excluding hydrogens is 216 g/mol. The van der Waals surface area contributed by atoms with Crippen LogP contribution >= 0.6 is 0 Å². The van der Waals surface area contributed by atoms with E-state index in [4.69, 9.17) is 8.94 Å². The van der Waals surface area contributed by atoms with Gasteiger partial charge in [0, 0.05) is 11.5 Å². The average molecular weight is 228 g/mol. The van der Waals surface area contributed by atoms with Gasteiger partial charge in [0.25, 0.3) is 0 Å². The van der Waals surface area contributed by atoms with Crippen LogP contribution in [0.25, 0.3) is 11.0 Å². The molecule has 4 heteroatoms. The summed E-state index contributed by atoms with van der Waals surface area (Å²) in [6.45, 7) is 1.33. The molecule has 1 N–H and O–H groups in total. The van der Waals surface area contributed by atoms with Gasteiger partial charge in [-0.25, -0.2) is 0 Å². The zero-order valence-corrected chi connectivity index (χ0v) is 9.22. The molecule has 3 rings (SSSR count). The summed E-state index contributed by atoms with van der Waals surface area (Å²) in [7, 11) is 0. The van der Waals surface area contributed by atoms with Gasteiger partial charge in [0.15, 0.2) is 0 Å². The van der Waals surface area contributed by atoms with Crippen LogP contribution in [-0.4, -0.2) is 5.16 Å². The summed E-state index contributed by atoms with van der Waals surface area (Å²) in [4.78, 5) is 0. The van der Waals surface area contributed by atoms with E-state index in [1.54, 1.807) is 6.20 Å². The maximum Gasteiger partial charge on any atom is 0.150 e. The monoisotopic (exact) mass is 228 g/mol. The molecule has 2 heterocycles. The van der Waals surface area contributed by atoms with Crippen molar-refractivity contribution in [2.45, 2.75) is 13.1 Å². The van der Waals surface area contributed by atoms with Gasteiger partial charge in [-0.15, -0.1) is 0 Å². The Morgan fingerprint density at radius 1 is 1.06 bits per heavy atom. The molecule has 0 spiro atoms. The summed E-state index contributed by atoms with van der Waals surface area (Å²) in [5.74, 6) is 1.74. The van der Waals surface area contributed by atoms with Crippen molar-refractivity contribution >= 4 is 11.0 Å². The summed E-state index contributed by atoms with van der Waals surface area (Å²) in [5, 5.41) is 8.01. The van der Waals surface area contributed by atoms with Gasteiger partial charge in [0.2, 0.25) is 0 Å². The van der Waals surface area contributed by atoms with Gasteiger partial charge in [-0.2, -0.15) is 0 Å². The van der Waals surface area contributed by atoms with Crippen LogP contribution in [0.4, 0.5) is 0 Å². The first-order valence-corrected chi connectivity index (χ1v) is 5.49. The zero-order valence-electron chi connectivity index (χ0n) is 9.22. The Balaban J connectivity index is 1.65. The summed E-state index contributed by atoms with van der Waals surface area (Å²) in [6, 6.07) is 11.9. The molecule has 0 radical (unpaired) electrons. The van der Waals surface area contributed by atoms with E-state index in [2.05, 4.69) is 10.5 Å². The van der Waals surface area contributed by atoms with Crippen LogP contribution in [0.1, 0.15) is 11.5 Å². The predicted octanol–water partition coefficient (Wildman–Crippen LogP) is 2.71. The van der Waals surface area contributed by atoms with E-state index in [0.717, 1.165) is 22.5 Å². The van der Waals surface area contributed by atoms with Crippen LogP contribution in [0.2, 0.25) is 0 Å². The average Bonchev–Trinajstić information content (AvgIpc) is 2.96. The van der Waals surface area contributed by atoms with Crippen molar-refractivity contribution in [2.75, 3.05) is 0 Å². The number of nitrogens with one attached hydrogen (secondary N) is 1. The topological polar surface area (TPSA) is 51.2 Å². The molecule has 0 saturated carbocycles. The molecule has 0 fully saturated rings. The molecule has 0 atom stereocenters. The first kappa shape index (κ1) is 10.1. The minimum atomic E-state index is 0.650. The van der Waals surface area contributed by atoms with E-state index < -0.39 is 0 Å². The number of fused-ring (bicyclic) bond motifs is 1. The highest BCUT2D eigenvalue weighted by Crippen LogP contribution is 2.18. The summed E-state index contributed by atoms with van der Waals surface area (Å²) >= 11 is 0. The van der Waals surface area contributed by atoms with E-state index in [1.807, 2.05) is 36.4 Å². The molecule has 3 aromatic rings. The lowest BCUT2D eigenvalue weighted by Gasteiger charge is -1.97. The minimum Gasteiger partial charge on any atom is -0.460 e. The zero-order chi connectivity index (χ0) is 11.5. The first-order chi connectivity index (χ1) is 8.42. The number of hydrogen-bond acceptors (Lipinski definition) is 4. The predicted molar refractivity (Wildman–Crippen MR) is 63.3 cm³/mol. The third-order valence-corrected chi connectivity index (χ3v) is 2.57. The molecule has 1 aromatic carbocycles. The SMILES string of the molecule is c1ccc2oc(CNCc3ccno3)cc2c1. The molecule has 0 aliphatic carbocycles. The lowest BCUT2D eigenvalue weighted by molar-refractivity contribution is 0.369. The van der Waals surface area contributed by atoms with E-state index in [-0.39, 0.29) is 0 Å². The fourth-order valence-electron chi connectivity index (χ4n) is 1.77. The summed E-state index contributed by atoms with van der Waals surface area (Å²) < 4.78 is 10.7. The van der Waals surface area contributed by atoms with E-state index in [0.29, 0.717) is 13.1 Å². The van der Waals surface area contributed by atoms with Gasteiger partial charge in [-0.05, 0) is 12.1 Å². The lowest BCUT2D eigenvalue weighted by Crippen LogP contribution is -2.11. The van der Waals surface area contributed by atoms with Crippen LogP contribution in [0.15, 0.2) is 51.5 Å². The fourth-order valence-corrected chi connectivity index (χ4v) is 1.77. The molecule has 0 bridgehead atoms. The number of hydrogen-bond donors (Lipinski definition) is 1. The quantitative estimate of drug-likeness (QED) is 0.746. The Bertz CT molecular complexity index is 566. The normalized spacial score (nSPS) is 11.1. The standard InChI is InChI=1S/C13H12N2O2/c1-2-4-13-10(3-1)7-12(16-13)9-14-8-11-5-6-15-17-11/h1-7,14H,8-9H2. The van der Waals surface area contributed by atoms with Crippen LogP contribution in [-0.2, 0) is 13.1 Å². The number of nitrogens with zero attached hydrogens (tertiary/aromatic N) is 1. The third kappa shape index (κ3) is 2.21. The second-order valence-electron chi connectivity index (χ2n) is 3.83. The highest BCUT2D eigenvalue weighted by Gasteiger charge is 2.03. The molecule has 0 amide bonds. The van der Waals surface area contributed by atoms with Crippen molar-refractivity contribution in [1.29, 1.82) is 0 Å². The Morgan fingerprint density at radius 2 is 1.94 bits per heavy atom. The molecule has 0 aliphatic rings. The van der Waals surface area contributed by atoms with Crippen LogP contribution < -0.4 is 5.32 Å². The molecule has 4 nitrogen and oxygen atoms in total. The van der Waals surface area contributed by atoms with Gasteiger partial charge < -0.3 is 14.3 Å². The Kier molecular flexibility index (Phi) is 2.63. The maximum absolute atomic E-state index is 5.68. The maximum atomic E-state index is 5.68. The van der Waals surface area contributed by atoms with Crippen LogP contribution in [0, 0.1) is 0 Å². The van der Waals surface area contributed by atoms with Crippen molar-refractivity contribution in [3.63, 3.8) is 0 Å². The third-order valence-electron chi connectivity index (χ3n) is 2.57. The van der Waals surface area contributed by atoms with Crippen molar-refractivity contribution in [1.82, 2.24) is 10.5 Å². The highest BCUT2D eigenvalue weighted by molar-refractivity contribution is 5.77. The van der Waals surface area contributed by atoms with Gasteiger partial charge in [-0.3, -0.25) is 0 Å². The van der Waals surface area contributed by atoms with Gasteiger partial charge >= 0.3 is 0 Å². The molecule has 0 aliphatic heterocycles. The summed E-state index contributed by atoms with van der Waals surface area (Å²) in [6.07, 6.45) is 1.64.